The van der Waals surface area contributed by atoms with E-state index in [9.17, 15) is 9.59 Å². The minimum Gasteiger partial charge on any atom is -0.377 e. The molecule has 2 aromatic rings. The average Bonchev–Trinajstić information content (AvgIpc) is 2.91. The van der Waals surface area contributed by atoms with Gasteiger partial charge in [-0.05, 0) is 102 Å². The van der Waals surface area contributed by atoms with Gasteiger partial charge in [0.05, 0.1) is 13.2 Å². The molecule has 0 atom stereocenters. The third kappa shape index (κ3) is 7.35. The van der Waals surface area contributed by atoms with Gasteiger partial charge in [-0.2, -0.15) is 0 Å². The first-order valence-corrected chi connectivity index (χ1v) is 14.0. The Kier molecular flexibility index (Phi) is 11.2. The summed E-state index contributed by atoms with van der Waals surface area (Å²) in [5.74, 6) is -0.141. The number of amides is 1. The Labute approximate surface area is 228 Å². The van der Waals surface area contributed by atoms with Gasteiger partial charge in [-0.1, -0.05) is 25.3 Å². The van der Waals surface area contributed by atoms with Crippen molar-refractivity contribution in [2.45, 2.75) is 78.8 Å². The van der Waals surface area contributed by atoms with E-state index in [1.807, 2.05) is 40.1 Å². The maximum absolute atomic E-state index is 13.5. The highest BCUT2D eigenvalue weighted by atomic mass is 16.5. The fourth-order valence-corrected chi connectivity index (χ4v) is 5.59. The van der Waals surface area contributed by atoms with Crippen molar-refractivity contribution in [2.24, 2.45) is 0 Å². The molecule has 7 heteroatoms. The van der Waals surface area contributed by atoms with Crippen LogP contribution < -0.4 is 21.1 Å². The summed E-state index contributed by atoms with van der Waals surface area (Å²) in [6.45, 7) is 10.5. The molecule has 1 aliphatic heterocycles. The summed E-state index contributed by atoms with van der Waals surface area (Å²) in [5, 5.41) is 5.78. The van der Waals surface area contributed by atoms with Gasteiger partial charge < -0.3 is 25.3 Å². The van der Waals surface area contributed by atoms with Gasteiger partial charge in [0.1, 0.15) is 0 Å². The molecular formula is C31H46N4O3. The normalized spacial score (nSPS) is 15.8. The number of aromatic amines is 1. The van der Waals surface area contributed by atoms with Crippen LogP contribution in [0.3, 0.4) is 0 Å². The first-order valence-electron chi connectivity index (χ1n) is 14.0. The molecule has 0 radical (unpaired) electrons. The van der Waals surface area contributed by atoms with Crippen molar-refractivity contribution in [3.05, 3.63) is 68.1 Å². The van der Waals surface area contributed by atoms with E-state index in [2.05, 4.69) is 46.5 Å². The van der Waals surface area contributed by atoms with Crippen LogP contribution in [0.2, 0.25) is 0 Å². The van der Waals surface area contributed by atoms with Gasteiger partial charge >= 0.3 is 0 Å². The number of H-pyrrole nitrogens is 1. The van der Waals surface area contributed by atoms with Gasteiger partial charge in [-0.25, -0.2) is 0 Å². The lowest BCUT2D eigenvalue weighted by atomic mass is 9.91. The maximum Gasteiger partial charge on any atom is 0.253 e. The van der Waals surface area contributed by atoms with Crippen molar-refractivity contribution in [2.75, 3.05) is 38.8 Å². The Morgan fingerprint density at radius 2 is 1.82 bits per heavy atom. The van der Waals surface area contributed by atoms with Crippen LogP contribution in [-0.4, -0.2) is 50.8 Å². The van der Waals surface area contributed by atoms with E-state index in [0.29, 0.717) is 30.4 Å². The molecule has 1 amide bonds. The number of nitrogens with zero attached hydrogens (tertiary/aromatic N) is 1. The number of carbonyl (C=O) groups is 1. The summed E-state index contributed by atoms with van der Waals surface area (Å²) in [6.07, 6.45) is 9.21. The molecule has 3 N–H and O–H groups in total. The van der Waals surface area contributed by atoms with Crippen LogP contribution >= 0.6 is 0 Å². The molecule has 1 aromatic heterocycles. The number of hydrogen-bond donors (Lipinski definition) is 3. The number of pyridine rings is 1. The number of ether oxygens (including phenoxy) is 1. The molecule has 1 fully saturated rings. The second-order valence-corrected chi connectivity index (χ2v) is 10.4. The Morgan fingerprint density at radius 1 is 1.11 bits per heavy atom. The number of nitrogens with one attached hydrogen (secondary N) is 3. The molecule has 0 unspecified atom stereocenters. The SMILES string of the molecule is CCN(c1cc(C2=CCOCC2)cc(C(=O)NCc2c(C)cc(C)[nH]c2=O)c1C)C1CCCCC1.CNC. The zero-order valence-corrected chi connectivity index (χ0v) is 24.1. The van der Waals surface area contributed by atoms with Crippen LogP contribution in [0.25, 0.3) is 5.57 Å². The molecule has 1 saturated carbocycles. The lowest BCUT2D eigenvalue weighted by Gasteiger charge is -2.37. The minimum atomic E-state index is -0.143. The first kappa shape index (κ1) is 29.7. The van der Waals surface area contributed by atoms with Gasteiger partial charge in [0.25, 0.3) is 11.5 Å². The van der Waals surface area contributed by atoms with Gasteiger partial charge in [0, 0.05) is 41.6 Å². The zero-order chi connectivity index (χ0) is 27.7. The predicted octanol–water partition coefficient (Wildman–Crippen LogP) is 5.03. The zero-order valence-electron chi connectivity index (χ0n) is 24.1. The quantitative estimate of drug-likeness (QED) is 0.475. The number of hydrogen-bond acceptors (Lipinski definition) is 5. The lowest BCUT2D eigenvalue weighted by molar-refractivity contribution is 0.0950. The Bertz CT molecular complexity index is 1180. The molecule has 2 aliphatic rings. The van der Waals surface area contributed by atoms with Gasteiger partial charge in [0.2, 0.25) is 0 Å². The number of aromatic nitrogens is 1. The molecule has 1 aliphatic carbocycles. The van der Waals surface area contributed by atoms with Gasteiger partial charge in [-0.3, -0.25) is 9.59 Å². The molecule has 0 spiro atoms. The molecular weight excluding hydrogens is 476 g/mol. The number of carbonyl (C=O) groups excluding carboxylic acids is 1. The molecule has 4 rings (SSSR count). The van der Waals surface area contributed by atoms with E-state index in [0.717, 1.165) is 41.0 Å². The van der Waals surface area contributed by atoms with Crippen LogP contribution in [0.1, 0.15) is 83.8 Å². The summed E-state index contributed by atoms with van der Waals surface area (Å²) < 4.78 is 5.54. The highest BCUT2D eigenvalue weighted by molar-refractivity contribution is 5.98. The fraction of sp³-hybridized carbons (Fsp3) is 0.548. The predicted molar refractivity (Wildman–Crippen MR) is 157 cm³/mol. The van der Waals surface area contributed by atoms with Crippen molar-refractivity contribution in [3.8, 4) is 0 Å². The van der Waals surface area contributed by atoms with E-state index >= 15 is 0 Å². The van der Waals surface area contributed by atoms with E-state index < -0.39 is 0 Å². The number of rotatable bonds is 7. The van der Waals surface area contributed by atoms with Crippen LogP contribution in [0.4, 0.5) is 5.69 Å². The Balaban J connectivity index is 0.00000127. The summed E-state index contributed by atoms with van der Waals surface area (Å²) in [7, 11) is 3.75. The topological polar surface area (TPSA) is 86.5 Å². The summed E-state index contributed by atoms with van der Waals surface area (Å²) in [6, 6.07) is 6.74. The smallest absolute Gasteiger partial charge is 0.253 e. The largest absolute Gasteiger partial charge is 0.377 e. The van der Waals surface area contributed by atoms with Crippen molar-refractivity contribution < 1.29 is 9.53 Å². The van der Waals surface area contributed by atoms with Crippen molar-refractivity contribution in [3.63, 3.8) is 0 Å². The molecule has 38 heavy (non-hydrogen) atoms. The van der Waals surface area contributed by atoms with Crippen molar-refractivity contribution >= 4 is 17.2 Å². The first-order chi connectivity index (χ1) is 18.3. The molecule has 208 valence electrons. The molecule has 1 aromatic carbocycles. The number of anilines is 1. The molecule has 0 bridgehead atoms. The van der Waals surface area contributed by atoms with E-state index in [1.54, 1.807) is 0 Å². The standard InChI is InChI=1S/C29H39N3O3.C2H7N/c1-5-32(24-9-7-6-8-10-24)27-17-23(22-11-13-35-14-12-22)16-25(21(27)4)28(33)30-18-26-19(2)15-20(3)31-29(26)34;1-3-2/h11,15-17,24H,5-10,12-14,18H2,1-4H3,(H,30,33)(H,31,34);3H,1-2H3. The fourth-order valence-electron chi connectivity index (χ4n) is 5.59. The summed E-state index contributed by atoms with van der Waals surface area (Å²) in [5.41, 5.74) is 7.33. The Hall–Kier alpha value is -2.90. The van der Waals surface area contributed by atoms with E-state index in [4.69, 9.17) is 4.74 Å². The van der Waals surface area contributed by atoms with Crippen LogP contribution in [0, 0.1) is 20.8 Å². The van der Waals surface area contributed by atoms with Gasteiger partial charge in [-0.15, -0.1) is 0 Å². The Morgan fingerprint density at radius 3 is 2.42 bits per heavy atom. The highest BCUT2D eigenvalue weighted by Gasteiger charge is 2.25. The van der Waals surface area contributed by atoms with E-state index in [1.165, 1.54) is 37.7 Å². The average molecular weight is 523 g/mol. The van der Waals surface area contributed by atoms with E-state index in [-0.39, 0.29) is 18.0 Å². The second-order valence-electron chi connectivity index (χ2n) is 10.4. The number of benzene rings is 1. The van der Waals surface area contributed by atoms with Crippen LogP contribution in [0.15, 0.2) is 29.1 Å². The highest BCUT2D eigenvalue weighted by Crippen LogP contribution is 2.35. The van der Waals surface area contributed by atoms with Gasteiger partial charge in [0.15, 0.2) is 0 Å². The van der Waals surface area contributed by atoms with Crippen LogP contribution in [0.5, 0.6) is 0 Å². The monoisotopic (exact) mass is 522 g/mol. The molecule has 0 saturated heterocycles. The minimum absolute atomic E-state index is 0.141. The number of aryl methyl sites for hydroxylation is 2. The summed E-state index contributed by atoms with van der Waals surface area (Å²) >= 11 is 0. The summed E-state index contributed by atoms with van der Waals surface area (Å²) in [4.78, 5) is 31.3. The third-order valence-electron chi connectivity index (χ3n) is 7.54. The maximum atomic E-state index is 13.5. The van der Waals surface area contributed by atoms with Crippen molar-refractivity contribution in [1.82, 2.24) is 15.6 Å². The second kappa shape index (κ2) is 14.3. The molecule has 7 nitrogen and oxygen atoms in total. The lowest BCUT2D eigenvalue weighted by Crippen LogP contribution is -2.37. The van der Waals surface area contributed by atoms with Crippen molar-refractivity contribution in [1.29, 1.82) is 0 Å². The molecule has 2 heterocycles. The van der Waals surface area contributed by atoms with Crippen LogP contribution in [-0.2, 0) is 11.3 Å². The third-order valence-corrected chi connectivity index (χ3v) is 7.54.